The van der Waals surface area contributed by atoms with Crippen molar-refractivity contribution >= 4 is 41.3 Å². The Balaban J connectivity index is 2.41. The number of carbonyl (C=O) groups is 3. The van der Waals surface area contributed by atoms with Crippen molar-refractivity contribution in [2.45, 2.75) is 44.6 Å². The first-order valence-corrected chi connectivity index (χ1v) is 17.0. The summed E-state index contributed by atoms with van der Waals surface area (Å²) < 4.78 is 22.6. The molecule has 3 unspecified atom stereocenters. The molecule has 14 nitrogen and oxygen atoms in total. The maximum absolute atomic E-state index is 12.4. The van der Waals surface area contributed by atoms with E-state index in [1.807, 2.05) is 18.7 Å². The maximum atomic E-state index is 12.4. The molecule has 1 rings (SSSR count). The van der Waals surface area contributed by atoms with Gasteiger partial charge >= 0.3 is 21.4 Å². The summed E-state index contributed by atoms with van der Waals surface area (Å²) in [5.74, 6) is -0.916. The Morgan fingerprint density at radius 2 is 1.88 bits per heavy atom. The van der Waals surface area contributed by atoms with E-state index in [1.165, 1.54) is 31.9 Å². The van der Waals surface area contributed by atoms with Gasteiger partial charge < -0.3 is 30.0 Å². The lowest BCUT2D eigenvalue weighted by Crippen LogP contribution is -2.46. The fourth-order valence-electron chi connectivity index (χ4n) is 3.60. The summed E-state index contributed by atoms with van der Waals surface area (Å²) in [5, 5.41) is 17.0. The van der Waals surface area contributed by atoms with Crippen LogP contribution < -0.4 is 16.0 Å². The van der Waals surface area contributed by atoms with Crippen LogP contribution in [0.25, 0.3) is 0 Å². The van der Waals surface area contributed by atoms with Gasteiger partial charge in [0.1, 0.15) is 19.0 Å². The molecule has 229 valence electrons. The van der Waals surface area contributed by atoms with Gasteiger partial charge in [0.15, 0.2) is 0 Å². The van der Waals surface area contributed by atoms with Crippen molar-refractivity contribution in [2.75, 3.05) is 59.3 Å². The molecule has 0 spiro atoms. The number of amides is 3. The predicted octanol–water partition coefficient (Wildman–Crippen LogP) is 0.891. The molecule has 0 fully saturated rings. The lowest BCUT2D eigenvalue weighted by molar-refractivity contribution is -0.120. The number of hydrogen-bond acceptors (Lipinski definition) is 11. The number of ether oxygens (including phenoxy) is 1. The number of aliphatic hydroxyl groups is 1. The largest absolute Gasteiger partial charge is 0.448 e. The summed E-state index contributed by atoms with van der Waals surface area (Å²) in [6.45, 7) is 8.91. The van der Waals surface area contributed by atoms with Crippen LogP contribution in [-0.2, 0) is 18.8 Å². The number of alkyl carbamates (subject to hydrolysis) is 1. The summed E-state index contributed by atoms with van der Waals surface area (Å²) in [6, 6.07) is 0. The molecule has 1 aromatic rings. The monoisotopic (exact) mass is 616 g/mol. The molecular formula is C24H43BN6O8P2+. The highest BCUT2D eigenvalue weighted by molar-refractivity contribution is 7.66. The third-order valence-electron chi connectivity index (χ3n) is 5.49. The van der Waals surface area contributed by atoms with Gasteiger partial charge in [0, 0.05) is 51.2 Å². The van der Waals surface area contributed by atoms with Crippen molar-refractivity contribution in [3.63, 3.8) is 0 Å². The Bertz CT molecular complexity index is 935. The lowest BCUT2D eigenvalue weighted by Gasteiger charge is -2.23. The number of carbonyl (C=O) groups excluding carboxylic acids is 3. The van der Waals surface area contributed by atoms with E-state index in [0.717, 1.165) is 0 Å². The highest BCUT2D eigenvalue weighted by Gasteiger charge is 2.32. The van der Waals surface area contributed by atoms with Gasteiger partial charge in [-0.1, -0.05) is 18.4 Å². The van der Waals surface area contributed by atoms with Gasteiger partial charge in [0.2, 0.25) is 5.91 Å². The van der Waals surface area contributed by atoms with E-state index < -0.39 is 33.5 Å². The standard InChI is InChI=1S/C24H42BN6O8P2/c1-18(2)15-20(29-21(33)17-28-22(34)19-16-26-7-8-27-19)25-39-13-6-10-31(9-5-12-32)11-14-38-23(35)30-24(40(3)36)41(4)37/h7-8,16,18,20,24,32,36H,5-6,9-15,17H2,1-4H3,(H2-,28,29,30,33,34,35)/p+1/t20-,24?,40?/m1/s1. The van der Waals surface area contributed by atoms with Crippen LogP contribution in [0.5, 0.6) is 0 Å². The van der Waals surface area contributed by atoms with E-state index in [9.17, 15) is 28.9 Å². The fourth-order valence-corrected chi connectivity index (χ4v) is 6.06. The predicted molar refractivity (Wildman–Crippen MR) is 157 cm³/mol. The molecule has 0 aliphatic rings. The number of nitrogens with one attached hydrogen (secondary N) is 3. The zero-order valence-corrected chi connectivity index (χ0v) is 26.0. The molecule has 0 saturated heterocycles. The first kappa shape index (κ1) is 36.8. The Labute approximate surface area is 244 Å². The van der Waals surface area contributed by atoms with E-state index >= 15 is 0 Å². The van der Waals surface area contributed by atoms with Crippen LogP contribution in [0.4, 0.5) is 4.79 Å². The Hall–Kier alpha value is -2.28. The third kappa shape index (κ3) is 17.3. The first-order chi connectivity index (χ1) is 19.5. The fraction of sp³-hybridized carbons (Fsp3) is 0.708. The lowest BCUT2D eigenvalue weighted by atomic mass is 9.81. The minimum Gasteiger partial charge on any atom is -0.448 e. The van der Waals surface area contributed by atoms with E-state index in [-0.39, 0.29) is 43.2 Å². The number of rotatable bonds is 21. The number of aromatic nitrogens is 2. The highest BCUT2D eigenvalue weighted by atomic mass is 31.2. The molecule has 0 aromatic carbocycles. The molecule has 4 atom stereocenters. The molecule has 1 aromatic heterocycles. The first-order valence-electron chi connectivity index (χ1n) is 13.4. The second-order valence-corrected chi connectivity index (χ2v) is 13.3. The summed E-state index contributed by atoms with van der Waals surface area (Å²) in [5.41, 5.74) is -0.698. The average molecular weight is 616 g/mol. The second kappa shape index (κ2) is 21.4. The van der Waals surface area contributed by atoms with E-state index in [1.54, 1.807) is 7.48 Å². The van der Waals surface area contributed by atoms with Crippen LogP contribution in [0.2, 0.25) is 0 Å². The molecule has 0 bridgehead atoms. The van der Waals surface area contributed by atoms with Gasteiger partial charge in [-0.3, -0.25) is 24.8 Å². The molecule has 1 heterocycles. The van der Waals surface area contributed by atoms with Gasteiger partial charge in [0.25, 0.3) is 11.4 Å². The van der Waals surface area contributed by atoms with Crippen LogP contribution in [0.15, 0.2) is 18.6 Å². The van der Waals surface area contributed by atoms with Crippen molar-refractivity contribution < 1.29 is 38.3 Å². The normalized spacial score (nSPS) is 13.7. The summed E-state index contributed by atoms with van der Waals surface area (Å²) in [4.78, 5) is 55.9. The molecule has 0 aliphatic carbocycles. The molecule has 0 aliphatic heterocycles. The van der Waals surface area contributed by atoms with Gasteiger partial charge in [0.05, 0.1) is 20.9 Å². The molecule has 3 amide bonds. The summed E-state index contributed by atoms with van der Waals surface area (Å²) >= 11 is 0. The molecule has 5 N–H and O–H groups in total. The molecule has 1 radical (unpaired) electrons. The highest BCUT2D eigenvalue weighted by Crippen LogP contribution is 2.43. The average Bonchev–Trinajstić information content (AvgIpc) is 2.92. The molecular weight excluding hydrogens is 573 g/mol. The Morgan fingerprint density at radius 1 is 1.15 bits per heavy atom. The Morgan fingerprint density at radius 3 is 2.49 bits per heavy atom. The van der Waals surface area contributed by atoms with Crippen molar-refractivity contribution in [2.24, 2.45) is 5.92 Å². The van der Waals surface area contributed by atoms with Crippen molar-refractivity contribution in [1.82, 2.24) is 30.8 Å². The zero-order chi connectivity index (χ0) is 30.6. The van der Waals surface area contributed by atoms with E-state index in [2.05, 4.69) is 25.9 Å². The molecule has 0 saturated carbocycles. The van der Waals surface area contributed by atoms with E-state index in [0.29, 0.717) is 45.5 Å². The van der Waals surface area contributed by atoms with Crippen LogP contribution in [0.1, 0.15) is 43.6 Å². The number of aliphatic hydroxyl groups excluding tert-OH is 1. The second-order valence-electron chi connectivity index (χ2n) is 9.63. The van der Waals surface area contributed by atoms with Crippen molar-refractivity contribution in [1.29, 1.82) is 0 Å². The van der Waals surface area contributed by atoms with Crippen LogP contribution >= 0.6 is 15.9 Å². The number of hydrogen-bond donors (Lipinski definition) is 5. The van der Waals surface area contributed by atoms with Crippen LogP contribution in [0.3, 0.4) is 0 Å². The summed E-state index contributed by atoms with van der Waals surface area (Å²) in [7, 11) is -1.81. The SMILES string of the molecule is CC(C)C[C@H]([B]OCCCN(CCCO)CCOC(=O)NC(P(C)O)[P+](C)=O)NC(=O)CNC(=O)c1cnccn1. The van der Waals surface area contributed by atoms with Crippen LogP contribution in [0, 0.1) is 5.92 Å². The molecule has 17 heteroatoms. The quantitative estimate of drug-likeness (QED) is 0.0749. The molecule has 41 heavy (non-hydrogen) atoms. The van der Waals surface area contributed by atoms with Gasteiger partial charge in [-0.25, -0.2) is 9.78 Å². The topological polar surface area (TPSA) is 192 Å². The minimum atomic E-state index is -1.79. The van der Waals surface area contributed by atoms with Crippen molar-refractivity contribution in [3.8, 4) is 0 Å². The third-order valence-corrected chi connectivity index (χ3v) is 9.13. The summed E-state index contributed by atoms with van der Waals surface area (Å²) in [6.07, 6.45) is 5.27. The Kier molecular flexibility index (Phi) is 19.2. The minimum absolute atomic E-state index is 0.0275. The zero-order valence-electron chi connectivity index (χ0n) is 24.2. The van der Waals surface area contributed by atoms with Crippen LogP contribution in [-0.4, -0.2) is 121 Å². The van der Waals surface area contributed by atoms with E-state index in [4.69, 9.17) is 9.39 Å². The van der Waals surface area contributed by atoms with Gasteiger partial charge in [-0.05, 0) is 31.8 Å². The number of nitrogens with zero attached hydrogens (tertiary/aromatic N) is 3. The van der Waals surface area contributed by atoms with Gasteiger partial charge in [-0.2, -0.15) is 0 Å². The maximum Gasteiger partial charge on any atom is 0.410 e. The smallest absolute Gasteiger partial charge is 0.410 e. The van der Waals surface area contributed by atoms with Gasteiger partial charge in [-0.15, -0.1) is 0 Å². The van der Waals surface area contributed by atoms with Crippen molar-refractivity contribution in [3.05, 3.63) is 24.3 Å².